The van der Waals surface area contributed by atoms with Crippen molar-refractivity contribution < 1.29 is 9.90 Å². The number of likely N-dealkylation sites (tertiary alicyclic amines) is 1. The van der Waals surface area contributed by atoms with Crippen LogP contribution in [0.15, 0.2) is 24.3 Å². The molecule has 1 saturated heterocycles. The molecule has 18 heavy (non-hydrogen) atoms. The van der Waals surface area contributed by atoms with Crippen molar-refractivity contribution in [1.82, 2.24) is 4.90 Å². The Labute approximate surface area is 107 Å². The minimum absolute atomic E-state index is 0.162. The van der Waals surface area contributed by atoms with E-state index in [1.165, 1.54) is 5.56 Å². The molecule has 0 spiro atoms. The maximum absolute atomic E-state index is 12.1. The van der Waals surface area contributed by atoms with Gasteiger partial charge in [-0.2, -0.15) is 0 Å². The number of nitrogens with one attached hydrogen (secondary N) is 1. The molecule has 3 rings (SSSR count). The fourth-order valence-corrected chi connectivity index (χ4v) is 2.85. The molecule has 0 saturated carbocycles. The Balaban J connectivity index is 1.66. The van der Waals surface area contributed by atoms with Crippen LogP contribution >= 0.6 is 0 Å². The summed E-state index contributed by atoms with van der Waals surface area (Å²) in [4.78, 5) is 13.9. The molecule has 0 aliphatic carbocycles. The van der Waals surface area contributed by atoms with Crippen LogP contribution in [0.4, 0.5) is 5.69 Å². The molecule has 4 nitrogen and oxygen atoms in total. The molecule has 1 aromatic carbocycles. The van der Waals surface area contributed by atoms with Gasteiger partial charge in [0.2, 0.25) is 5.91 Å². The molecule has 2 N–H and O–H groups in total. The van der Waals surface area contributed by atoms with Crippen molar-refractivity contribution in [1.29, 1.82) is 0 Å². The molecule has 0 aromatic heterocycles. The van der Waals surface area contributed by atoms with Crippen molar-refractivity contribution in [2.75, 3.05) is 25.0 Å². The van der Waals surface area contributed by atoms with E-state index in [1.807, 2.05) is 12.1 Å². The Morgan fingerprint density at radius 1 is 1.44 bits per heavy atom. The number of hydrogen-bond acceptors (Lipinski definition) is 3. The summed E-state index contributed by atoms with van der Waals surface area (Å²) in [5.74, 6) is 0.432. The van der Waals surface area contributed by atoms with E-state index in [9.17, 15) is 9.90 Å². The van der Waals surface area contributed by atoms with Crippen LogP contribution in [0.3, 0.4) is 0 Å². The molecule has 2 aliphatic rings. The molecule has 1 unspecified atom stereocenters. The molecule has 2 aliphatic heterocycles. The predicted molar refractivity (Wildman–Crippen MR) is 69.5 cm³/mol. The van der Waals surface area contributed by atoms with E-state index in [1.54, 1.807) is 4.90 Å². The summed E-state index contributed by atoms with van der Waals surface area (Å²) in [6, 6.07) is 8.17. The van der Waals surface area contributed by atoms with Gasteiger partial charge in [-0.15, -0.1) is 0 Å². The van der Waals surface area contributed by atoms with Gasteiger partial charge in [0, 0.05) is 37.7 Å². The van der Waals surface area contributed by atoms with Gasteiger partial charge in [0.05, 0.1) is 6.10 Å². The number of aliphatic hydroxyl groups is 1. The summed E-state index contributed by atoms with van der Waals surface area (Å²) in [5.41, 5.74) is 2.39. The maximum Gasteiger partial charge on any atom is 0.223 e. The van der Waals surface area contributed by atoms with E-state index >= 15 is 0 Å². The number of carbonyl (C=O) groups is 1. The predicted octanol–water partition coefficient (Wildman–Crippen LogP) is 1.18. The molecule has 1 amide bonds. The van der Waals surface area contributed by atoms with Gasteiger partial charge in [0.15, 0.2) is 0 Å². The third kappa shape index (κ3) is 2.08. The number of amides is 1. The van der Waals surface area contributed by atoms with Crippen molar-refractivity contribution in [2.45, 2.75) is 24.9 Å². The van der Waals surface area contributed by atoms with E-state index in [0.717, 1.165) is 12.2 Å². The number of para-hydroxylation sites is 1. The van der Waals surface area contributed by atoms with E-state index in [4.69, 9.17) is 0 Å². The van der Waals surface area contributed by atoms with E-state index < -0.39 is 0 Å². The molecular formula is C14H18N2O2. The molecule has 1 aromatic rings. The van der Waals surface area contributed by atoms with Crippen LogP contribution in [-0.4, -0.2) is 41.7 Å². The van der Waals surface area contributed by atoms with Gasteiger partial charge in [0.25, 0.3) is 0 Å². The first-order valence-electron chi connectivity index (χ1n) is 6.52. The third-order valence-corrected chi connectivity index (χ3v) is 3.88. The number of rotatable bonds is 2. The summed E-state index contributed by atoms with van der Waals surface area (Å²) in [6.45, 7) is 2.03. The lowest BCUT2D eigenvalue weighted by molar-refractivity contribution is -0.130. The van der Waals surface area contributed by atoms with Crippen molar-refractivity contribution in [3.05, 3.63) is 29.8 Å². The quantitative estimate of drug-likeness (QED) is 0.824. The number of aliphatic hydroxyl groups excluding tert-OH is 1. The largest absolute Gasteiger partial charge is 0.391 e. The first-order valence-corrected chi connectivity index (χ1v) is 6.52. The Hall–Kier alpha value is -1.55. The fourth-order valence-electron chi connectivity index (χ4n) is 2.85. The maximum atomic E-state index is 12.1. The Bertz CT molecular complexity index is 461. The number of anilines is 1. The zero-order valence-electron chi connectivity index (χ0n) is 10.3. The SMILES string of the molecule is O=C(CC1CNc2ccccc21)N1CC[C@H](O)C1. The van der Waals surface area contributed by atoms with Crippen molar-refractivity contribution >= 4 is 11.6 Å². The standard InChI is InChI=1S/C14H18N2O2/c17-11-5-6-16(9-11)14(18)7-10-8-15-13-4-2-1-3-12(10)13/h1-4,10-11,15,17H,5-9H2/t10?,11-/m0/s1. The van der Waals surface area contributed by atoms with Crippen LogP contribution in [-0.2, 0) is 4.79 Å². The average molecular weight is 246 g/mol. The highest BCUT2D eigenvalue weighted by Crippen LogP contribution is 2.33. The van der Waals surface area contributed by atoms with Crippen LogP contribution in [0.5, 0.6) is 0 Å². The van der Waals surface area contributed by atoms with Crippen molar-refractivity contribution in [3.8, 4) is 0 Å². The smallest absolute Gasteiger partial charge is 0.223 e. The minimum atomic E-state index is -0.331. The topological polar surface area (TPSA) is 52.6 Å². The van der Waals surface area contributed by atoms with Gasteiger partial charge >= 0.3 is 0 Å². The zero-order valence-corrected chi connectivity index (χ0v) is 10.3. The molecule has 1 fully saturated rings. The Morgan fingerprint density at radius 2 is 2.28 bits per heavy atom. The van der Waals surface area contributed by atoms with Gasteiger partial charge in [-0.05, 0) is 18.1 Å². The second-order valence-electron chi connectivity index (χ2n) is 5.15. The number of benzene rings is 1. The zero-order chi connectivity index (χ0) is 12.5. The minimum Gasteiger partial charge on any atom is -0.391 e. The average Bonchev–Trinajstić information content (AvgIpc) is 2.97. The molecule has 96 valence electrons. The normalized spacial score (nSPS) is 25.9. The lowest BCUT2D eigenvalue weighted by Crippen LogP contribution is -2.30. The van der Waals surface area contributed by atoms with Gasteiger partial charge in [-0.25, -0.2) is 0 Å². The Morgan fingerprint density at radius 3 is 3.06 bits per heavy atom. The summed E-state index contributed by atoms with van der Waals surface area (Å²) < 4.78 is 0. The second kappa shape index (κ2) is 4.61. The summed E-state index contributed by atoms with van der Waals surface area (Å²) in [5, 5.41) is 12.8. The van der Waals surface area contributed by atoms with Crippen LogP contribution < -0.4 is 5.32 Å². The van der Waals surface area contributed by atoms with Gasteiger partial charge in [0.1, 0.15) is 0 Å². The fraction of sp³-hybridized carbons (Fsp3) is 0.500. The Kier molecular flexibility index (Phi) is 2.96. The highest BCUT2D eigenvalue weighted by molar-refractivity contribution is 5.78. The van der Waals surface area contributed by atoms with Crippen LogP contribution in [0.1, 0.15) is 24.3 Å². The molecule has 2 heterocycles. The second-order valence-corrected chi connectivity index (χ2v) is 5.15. The van der Waals surface area contributed by atoms with Gasteiger partial charge in [-0.1, -0.05) is 18.2 Å². The first kappa shape index (κ1) is 11.5. The summed E-state index contributed by atoms with van der Waals surface area (Å²) >= 11 is 0. The number of nitrogens with zero attached hydrogens (tertiary/aromatic N) is 1. The van der Waals surface area contributed by atoms with E-state index in [-0.39, 0.29) is 17.9 Å². The number of β-amino-alcohol motifs (C(OH)–C–C–N with tert-alkyl or cyclic N) is 1. The van der Waals surface area contributed by atoms with Crippen LogP contribution in [0.2, 0.25) is 0 Å². The summed E-state index contributed by atoms with van der Waals surface area (Å²) in [6.07, 6.45) is 0.921. The highest BCUT2D eigenvalue weighted by Gasteiger charge is 2.29. The molecular weight excluding hydrogens is 228 g/mol. The number of carbonyl (C=O) groups excluding carboxylic acids is 1. The van der Waals surface area contributed by atoms with Crippen LogP contribution in [0, 0.1) is 0 Å². The van der Waals surface area contributed by atoms with Crippen molar-refractivity contribution in [2.24, 2.45) is 0 Å². The monoisotopic (exact) mass is 246 g/mol. The molecule has 0 bridgehead atoms. The highest BCUT2D eigenvalue weighted by atomic mass is 16.3. The number of fused-ring (bicyclic) bond motifs is 1. The van der Waals surface area contributed by atoms with Crippen LogP contribution in [0.25, 0.3) is 0 Å². The lowest BCUT2D eigenvalue weighted by atomic mass is 9.97. The van der Waals surface area contributed by atoms with Gasteiger partial charge in [-0.3, -0.25) is 4.79 Å². The molecule has 0 radical (unpaired) electrons. The van der Waals surface area contributed by atoms with E-state index in [2.05, 4.69) is 17.4 Å². The lowest BCUT2D eigenvalue weighted by Gasteiger charge is -2.18. The first-order chi connectivity index (χ1) is 8.74. The van der Waals surface area contributed by atoms with Gasteiger partial charge < -0.3 is 15.3 Å². The number of hydrogen-bond donors (Lipinski definition) is 2. The summed E-state index contributed by atoms with van der Waals surface area (Å²) in [7, 11) is 0. The van der Waals surface area contributed by atoms with Crippen molar-refractivity contribution in [3.63, 3.8) is 0 Å². The molecule has 4 heteroatoms. The molecule has 2 atom stereocenters. The van der Waals surface area contributed by atoms with E-state index in [0.29, 0.717) is 25.9 Å². The third-order valence-electron chi connectivity index (χ3n) is 3.88.